The summed E-state index contributed by atoms with van der Waals surface area (Å²) >= 11 is 0. The smallest absolute Gasteiger partial charge is 0.133 e. The molecule has 1 N–H and O–H groups in total. The Morgan fingerprint density at radius 2 is 1.84 bits per heavy atom. The third-order valence-corrected chi connectivity index (χ3v) is 4.46. The van der Waals surface area contributed by atoms with Crippen LogP contribution in [0.3, 0.4) is 0 Å². The average Bonchev–Trinajstić information content (AvgIpc) is 2.21. The molecule has 0 aromatic heterocycles. The molecule has 0 bridgehead atoms. The van der Waals surface area contributed by atoms with Crippen molar-refractivity contribution in [2.45, 2.75) is 59.4 Å². The van der Waals surface area contributed by atoms with Crippen LogP contribution in [0.2, 0.25) is 0 Å². The molecule has 1 atom stereocenters. The van der Waals surface area contributed by atoms with Crippen molar-refractivity contribution in [3.05, 3.63) is 0 Å². The van der Waals surface area contributed by atoms with E-state index in [4.69, 9.17) is 0 Å². The van der Waals surface area contributed by atoms with Crippen LogP contribution in [0, 0.1) is 11.3 Å². The van der Waals surface area contributed by atoms with Gasteiger partial charge in [0.15, 0.2) is 0 Å². The third kappa shape index (κ3) is 5.23. The molecule has 1 fully saturated rings. The number of rotatable bonds is 1. The van der Waals surface area contributed by atoms with Crippen molar-refractivity contribution in [1.82, 2.24) is 10.2 Å². The van der Waals surface area contributed by atoms with Gasteiger partial charge in [-0.3, -0.25) is 4.79 Å². The van der Waals surface area contributed by atoms with E-state index in [0.29, 0.717) is 5.78 Å². The van der Waals surface area contributed by atoms with E-state index in [1.807, 2.05) is 0 Å². The minimum atomic E-state index is 0.0608. The summed E-state index contributed by atoms with van der Waals surface area (Å²) in [6.07, 6.45) is 3.17. The van der Waals surface area contributed by atoms with Crippen molar-refractivity contribution in [3.63, 3.8) is 0 Å². The molecule has 3 nitrogen and oxygen atoms in total. The Bertz CT molecular complexity index is 310. The van der Waals surface area contributed by atoms with Gasteiger partial charge in [0.05, 0.1) is 0 Å². The molecule has 1 saturated heterocycles. The van der Waals surface area contributed by atoms with Crippen LogP contribution >= 0.6 is 0 Å². The summed E-state index contributed by atoms with van der Waals surface area (Å²) in [5, 5.41) is 3.65. The maximum Gasteiger partial charge on any atom is 0.133 e. The molecule has 0 amide bonds. The SMILES string of the molecule is CC(=O)C1CCCN(C)CCNC(C)(C)CC1(C)C. The molecule has 0 aromatic carbocycles. The average molecular weight is 268 g/mol. The van der Waals surface area contributed by atoms with E-state index in [0.717, 1.165) is 38.9 Å². The first-order chi connectivity index (χ1) is 8.64. The van der Waals surface area contributed by atoms with Crippen LogP contribution in [-0.4, -0.2) is 42.9 Å². The number of likely N-dealkylation sites (N-methyl/N-ethyl adjacent to an activating group) is 1. The molecule has 112 valence electrons. The Kier molecular flexibility index (Phi) is 5.57. The number of Topliss-reactive ketones (excluding diaryl/α,β-unsaturated/α-hetero) is 1. The van der Waals surface area contributed by atoms with Gasteiger partial charge in [-0.05, 0) is 59.0 Å². The van der Waals surface area contributed by atoms with Crippen molar-refractivity contribution >= 4 is 5.78 Å². The number of hydrogen-bond donors (Lipinski definition) is 1. The number of carbonyl (C=O) groups is 1. The number of hydrogen-bond acceptors (Lipinski definition) is 3. The number of ketones is 1. The van der Waals surface area contributed by atoms with E-state index in [-0.39, 0.29) is 16.9 Å². The molecule has 1 aliphatic rings. The monoisotopic (exact) mass is 268 g/mol. The first kappa shape index (κ1) is 16.6. The van der Waals surface area contributed by atoms with Crippen molar-refractivity contribution in [2.75, 3.05) is 26.7 Å². The molecule has 0 saturated carbocycles. The number of carbonyl (C=O) groups excluding carboxylic acids is 1. The highest BCUT2D eigenvalue weighted by Crippen LogP contribution is 2.38. The first-order valence-electron chi connectivity index (χ1n) is 7.58. The molecular formula is C16H32N2O. The highest BCUT2D eigenvalue weighted by atomic mass is 16.1. The van der Waals surface area contributed by atoms with E-state index in [1.165, 1.54) is 0 Å². The standard InChI is InChI=1S/C16H32N2O/c1-13(19)14-8-7-10-18(6)11-9-17-16(4,5)12-15(14,2)3/h14,17H,7-12H2,1-6H3. The second-order valence-corrected chi connectivity index (χ2v) is 7.58. The zero-order valence-corrected chi connectivity index (χ0v) is 13.7. The zero-order chi connectivity index (χ0) is 14.7. The predicted octanol–water partition coefficient (Wildman–Crippen LogP) is 2.70. The predicted molar refractivity (Wildman–Crippen MR) is 81.4 cm³/mol. The summed E-state index contributed by atoms with van der Waals surface area (Å²) in [6.45, 7) is 14.0. The Balaban J connectivity index is 2.90. The van der Waals surface area contributed by atoms with Crippen LogP contribution < -0.4 is 5.32 Å². The molecule has 19 heavy (non-hydrogen) atoms. The maximum absolute atomic E-state index is 12.0. The van der Waals surface area contributed by atoms with E-state index >= 15 is 0 Å². The van der Waals surface area contributed by atoms with Crippen molar-refractivity contribution < 1.29 is 4.79 Å². The van der Waals surface area contributed by atoms with Gasteiger partial charge in [0.25, 0.3) is 0 Å². The fourth-order valence-electron chi connectivity index (χ4n) is 3.73. The molecule has 1 unspecified atom stereocenters. The maximum atomic E-state index is 12.0. The van der Waals surface area contributed by atoms with Gasteiger partial charge < -0.3 is 10.2 Å². The molecule has 0 spiro atoms. The molecule has 1 rings (SSSR count). The van der Waals surface area contributed by atoms with Crippen LogP contribution in [0.1, 0.15) is 53.9 Å². The molecular weight excluding hydrogens is 236 g/mol. The lowest BCUT2D eigenvalue weighted by Gasteiger charge is -2.40. The van der Waals surface area contributed by atoms with Gasteiger partial charge in [-0.15, -0.1) is 0 Å². The van der Waals surface area contributed by atoms with E-state index in [2.05, 4.69) is 45.0 Å². The molecule has 0 radical (unpaired) electrons. The van der Waals surface area contributed by atoms with Crippen LogP contribution in [0.4, 0.5) is 0 Å². The van der Waals surface area contributed by atoms with Crippen molar-refractivity contribution in [1.29, 1.82) is 0 Å². The van der Waals surface area contributed by atoms with E-state index in [1.54, 1.807) is 6.92 Å². The van der Waals surface area contributed by atoms with E-state index in [9.17, 15) is 4.79 Å². The minimum Gasteiger partial charge on any atom is -0.311 e. The van der Waals surface area contributed by atoms with Crippen LogP contribution in [0.15, 0.2) is 0 Å². The summed E-state index contributed by atoms with van der Waals surface area (Å²) in [4.78, 5) is 14.4. The number of nitrogens with one attached hydrogen (secondary N) is 1. The van der Waals surface area contributed by atoms with Gasteiger partial charge in [-0.25, -0.2) is 0 Å². The fraction of sp³-hybridized carbons (Fsp3) is 0.938. The second kappa shape index (κ2) is 6.36. The molecule has 1 aliphatic heterocycles. The lowest BCUT2D eigenvalue weighted by Crippen LogP contribution is -2.47. The van der Waals surface area contributed by atoms with Crippen molar-refractivity contribution in [3.8, 4) is 0 Å². The summed E-state index contributed by atoms with van der Waals surface area (Å²) in [7, 11) is 2.17. The molecule has 0 aromatic rings. The normalized spacial score (nSPS) is 29.5. The molecule has 0 aliphatic carbocycles. The Morgan fingerprint density at radius 1 is 1.21 bits per heavy atom. The summed E-state index contributed by atoms with van der Waals surface area (Å²) in [5.74, 6) is 0.530. The Hall–Kier alpha value is -0.410. The minimum absolute atomic E-state index is 0.0608. The van der Waals surface area contributed by atoms with Gasteiger partial charge in [0.1, 0.15) is 5.78 Å². The second-order valence-electron chi connectivity index (χ2n) is 7.58. The summed E-state index contributed by atoms with van der Waals surface area (Å²) in [5.41, 5.74) is 0.146. The first-order valence-corrected chi connectivity index (χ1v) is 7.58. The van der Waals surface area contributed by atoms with Gasteiger partial charge in [-0.1, -0.05) is 13.8 Å². The van der Waals surface area contributed by atoms with Crippen LogP contribution in [0.5, 0.6) is 0 Å². The molecule has 1 heterocycles. The Labute approximate surface area is 119 Å². The highest BCUT2D eigenvalue weighted by molar-refractivity contribution is 5.79. The fourth-order valence-corrected chi connectivity index (χ4v) is 3.73. The largest absolute Gasteiger partial charge is 0.311 e. The van der Waals surface area contributed by atoms with Crippen LogP contribution in [0.25, 0.3) is 0 Å². The van der Waals surface area contributed by atoms with E-state index < -0.39 is 0 Å². The van der Waals surface area contributed by atoms with Gasteiger partial charge in [0.2, 0.25) is 0 Å². The van der Waals surface area contributed by atoms with Gasteiger partial charge >= 0.3 is 0 Å². The van der Waals surface area contributed by atoms with Crippen LogP contribution in [-0.2, 0) is 4.79 Å². The van der Waals surface area contributed by atoms with Gasteiger partial charge in [0, 0.05) is 24.5 Å². The quantitative estimate of drug-likeness (QED) is 0.793. The zero-order valence-electron chi connectivity index (χ0n) is 13.7. The highest BCUT2D eigenvalue weighted by Gasteiger charge is 2.37. The third-order valence-electron chi connectivity index (χ3n) is 4.46. The molecule has 3 heteroatoms. The van der Waals surface area contributed by atoms with Gasteiger partial charge in [-0.2, -0.15) is 0 Å². The number of nitrogens with zero attached hydrogens (tertiary/aromatic N) is 1. The summed E-state index contributed by atoms with van der Waals surface area (Å²) in [6, 6.07) is 0. The van der Waals surface area contributed by atoms with Crippen molar-refractivity contribution in [2.24, 2.45) is 11.3 Å². The Morgan fingerprint density at radius 3 is 2.42 bits per heavy atom. The topological polar surface area (TPSA) is 32.3 Å². The lowest BCUT2D eigenvalue weighted by atomic mass is 9.68. The summed E-state index contributed by atoms with van der Waals surface area (Å²) < 4.78 is 0. The lowest BCUT2D eigenvalue weighted by molar-refractivity contribution is -0.125.